The second-order valence-electron chi connectivity index (χ2n) is 5.33. The van der Waals surface area contributed by atoms with Crippen LogP contribution in [0.3, 0.4) is 0 Å². The first-order valence-electron chi connectivity index (χ1n) is 7.55. The Balaban J connectivity index is 1.55. The summed E-state index contributed by atoms with van der Waals surface area (Å²) >= 11 is 3.08. The molecule has 0 unspecified atom stereocenters. The lowest BCUT2D eigenvalue weighted by Gasteiger charge is -2.06. The molecule has 0 aliphatic heterocycles. The number of hydrogen-bond donors (Lipinski definition) is 0. The number of nitro benzene ring substituents is 1. The highest BCUT2D eigenvalue weighted by Gasteiger charge is 2.19. The largest absolute Gasteiger partial charge is 0.419 e. The Bertz CT molecular complexity index is 1080. The molecule has 3 aromatic heterocycles. The molecule has 4 rings (SSSR count). The van der Waals surface area contributed by atoms with E-state index in [0.29, 0.717) is 17.3 Å². The normalized spacial score (nSPS) is 12.3. The molecule has 1 atom stereocenters. The fourth-order valence-electron chi connectivity index (χ4n) is 2.32. The molecule has 3 heterocycles. The SMILES string of the molecule is C[C@H](Sc1ncnc2sccc12)c1nnc(-c2ccc([N+](=O)[O-])cc2)o1. The number of nitro groups is 1. The van der Waals surface area contributed by atoms with E-state index >= 15 is 0 Å². The van der Waals surface area contributed by atoms with Crippen molar-refractivity contribution in [3.05, 3.63) is 58.0 Å². The highest BCUT2D eigenvalue weighted by atomic mass is 32.2. The molecule has 26 heavy (non-hydrogen) atoms. The summed E-state index contributed by atoms with van der Waals surface area (Å²) in [6, 6.07) is 7.99. The van der Waals surface area contributed by atoms with Crippen LogP contribution < -0.4 is 0 Å². The molecular formula is C16H11N5O3S2. The monoisotopic (exact) mass is 385 g/mol. The smallest absolute Gasteiger partial charge is 0.269 e. The van der Waals surface area contributed by atoms with Gasteiger partial charge < -0.3 is 4.42 Å². The van der Waals surface area contributed by atoms with Gasteiger partial charge in [-0.2, -0.15) is 0 Å². The van der Waals surface area contributed by atoms with E-state index in [0.717, 1.165) is 15.2 Å². The third-order valence-electron chi connectivity index (χ3n) is 3.63. The van der Waals surface area contributed by atoms with Gasteiger partial charge in [0, 0.05) is 23.1 Å². The van der Waals surface area contributed by atoms with Crippen molar-refractivity contribution < 1.29 is 9.34 Å². The maximum Gasteiger partial charge on any atom is 0.269 e. The molecule has 1 aromatic carbocycles. The molecule has 0 spiro atoms. The highest BCUT2D eigenvalue weighted by Crippen LogP contribution is 2.37. The zero-order chi connectivity index (χ0) is 18.1. The van der Waals surface area contributed by atoms with Crippen molar-refractivity contribution in [2.75, 3.05) is 0 Å². The van der Waals surface area contributed by atoms with Crippen molar-refractivity contribution in [1.29, 1.82) is 0 Å². The quantitative estimate of drug-likeness (QED) is 0.214. The van der Waals surface area contributed by atoms with E-state index in [-0.39, 0.29) is 10.9 Å². The van der Waals surface area contributed by atoms with Gasteiger partial charge in [-0.05, 0) is 30.5 Å². The van der Waals surface area contributed by atoms with Crippen molar-refractivity contribution in [2.45, 2.75) is 17.2 Å². The van der Waals surface area contributed by atoms with Gasteiger partial charge >= 0.3 is 0 Å². The number of hydrogen-bond acceptors (Lipinski definition) is 9. The predicted molar refractivity (Wildman–Crippen MR) is 98.1 cm³/mol. The van der Waals surface area contributed by atoms with E-state index in [9.17, 15) is 10.1 Å². The number of thiophene rings is 1. The molecule has 0 fully saturated rings. The Hall–Kier alpha value is -2.85. The van der Waals surface area contributed by atoms with Crippen LogP contribution in [-0.2, 0) is 0 Å². The lowest BCUT2D eigenvalue weighted by molar-refractivity contribution is -0.384. The van der Waals surface area contributed by atoms with E-state index in [4.69, 9.17) is 4.42 Å². The molecule has 10 heteroatoms. The summed E-state index contributed by atoms with van der Waals surface area (Å²) in [5.41, 5.74) is 0.648. The van der Waals surface area contributed by atoms with Crippen LogP contribution in [0, 0.1) is 10.1 Å². The third kappa shape index (κ3) is 3.16. The summed E-state index contributed by atoms with van der Waals surface area (Å²) in [4.78, 5) is 19.8. The van der Waals surface area contributed by atoms with Crippen LogP contribution in [0.5, 0.6) is 0 Å². The van der Waals surface area contributed by atoms with Crippen molar-refractivity contribution >= 4 is 39.0 Å². The van der Waals surface area contributed by atoms with Gasteiger partial charge in [-0.3, -0.25) is 10.1 Å². The number of rotatable bonds is 5. The second kappa shape index (κ2) is 6.81. The maximum absolute atomic E-state index is 10.7. The summed E-state index contributed by atoms with van der Waals surface area (Å²) < 4.78 is 5.74. The molecule has 0 aliphatic rings. The minimum Gasteiger partial charge on any atom is -0.419 e. The van der Waals surface area contributed by atoms with Crippen LogP contribution in [0.2, 0.25) is 0 Å². The average Bonchev–Trinajstić information content (AvgIpc) is 3.32. The molecule has 0 radical (unpaired) electrons. The fourth-order valence-corrected chi connectivity index (χ4v) is 4.05. The Labute approximate surface area is 155 Å². The highest BCUT2D eigenvalue weighted by molar-refractivity contribution is 7.99. The zero-order valence-corrected chi connectivity index (χ0v) is 15.0. The van der Waals surface area contributed by atoms with E-state index < -0.39 is 4.92 Å². The molecule has 4 aromatic rings. The van der Waals surface area contributed by atoms with E-state index in [2.05, 4.69) is 20.2 Å². The first kappa shape index (κ1) is 16.6. The van der Waals surface area contributed by atoms with Gasteiger partial charge in [0.05, 0.1) is 10.2 Å². The summed E-state index contributed by atoms with van der Waals surface area (Å²) in [7, 11) is 0. The lowest BCUT2D eigenvalue weighted by Crippen LogP contribution is -1.91. The number of thioether (sulfide) groups is 1. The Morgan fingerprint density at radius 3 is 2.77 bits per heavy atom. The average molecular weight is 385 g/mol. The van der Waals surface area contributed by atoms with Crippen molar-refractivity contribution in [3.63, 3.8) is 0 Å². The predicted octanol–water partition coefficient (Wildman–Crippen LogP) is 4.50. The summed E-state index contributed by atoms with van der Waals surface area (Å²) in [5.74, 6) is 0.788. The number of benzene rings is 1. The molecule has 0 saturated carbocycles. The molecule has 8 nitrogen and oxygen atoms in total. The number of non-ortho nitro benzene ring substituents is 1. The minimum absolute atomic E-state index is 0.0148. The van der Waals surface area contributed by atoms with Crippen LogP contribution in [0.1, 0.15) is 18.1 Å². The molecule has 0 aliphatic carbocycles. The van der Waals surface area contributed by atoms with Gasteiger partial charge in [0.25, 0.3) is 5.69 Å². The van der Waals surface area contributed by atoms with Gasteiger partial charge in [-0.1, -0.05) is 11.8 Å². The number of fused-ring (bicyclic) bond motifs is 1. The molecule has 0 N–H and O–H groups in total. The number of nitrogens with zero attached hydrogens (tertiary/aromatic N) is 5. The van der Waals surface area contributed by atoms with Crippen LogP contribution >= 0.6 is 23.1 Å². The zero-order valence-electron chi connectivity index (χ0n) is 13.4. The number of aromatic nitrogens is 4. The van der Waals surface area contributed by atoms with Gasteiger partial charge in [0.1, 0.15) is 16.2 Å². The van der Waals surface area contributed by atoms with Crippen molar-refractivity contribution in [1.82, 2.24) is 20.2 Å². The maximum atomic E-state index is 10.7. The van der Waals surface area contributed by atoms with Crippen molar-refractivity contribution in [2.24, 2.45) is 0 Å². The standard InChI is InChI=1S/C16H11N5O3S2/c1-9(26-16-12-6-7-25-15(12)17-8-18-16)13-19-20-14(24-13)10-2-4-11(5-3-10)21(22)23/h2-9H,1H3/t9-/m0/s1. The van der Waals surface area contributed by atoms with E-state index in [1.54, 1.807) is 29.8 Å². The Morgan fingerprint density at radius 2 is 2.00 bits per heavy atom. The van der Waals surface area contributed by atoms with E-state index in [1.807, 2.05) is 18.4 Å². The van der Waals surface area contributed by atoms with Crippen molar-refractivity contribution in [3.8, 4) is 11.5 Å². The third-order valence-corrected chi connectivity index (χ3v) is 5.55. The molecule has 130 valence electrons. The molecule has 0 bridgehead atoms. The summed E-state index contributed by atoms with van der Waals surface area (Å²) in [6.07, 6.45) is 1.55. The first-order chi connectivity index (χ1) is 12.6. The summed E-state index contributed by atoms with van der Waals surface area (Å²) in [6.45, 7) is 1.96. The van der Waals surface area contributed by atoms with Crippen LogP contribution in [-0.4, -0.2) is 25.1 Å². The molecule has 0 amide bonds. The lowest BCUT2D eigenvalue weighted by atomic mass is 10.2. The van der Waals surface area contributed by atoms with Crippen LogP contribution in [0.25, 0.3) is 21.7 Å². The molecule has 0 saturated heterocycles. The second-order valence-corrected chi connectivity index (χ2v) is 7.55. The van der Waals surface area contributed by atoms with Gasteiger partial charge in [0.15, 0.2) is 0 Å². The molecular weight excluding hydrogens is 374 g/mol. The fraction of sp³-hybridized carbons (Fsp3) is 0.125. The minimum atomic E-state index is -0.450. The topological polar surface area (TPSA) is 108 Å². The Kier molecular flexibility index (Phi) is 4.35. The van der Waals surface area contributed by atoms with Gasteiger partial charge in [-0.25, -0.2) is 9.97 Å². The van der Waals surface area contributed by atoms with Gasteiger partial charge in [-0.15, -0.1) is 21.5 Å². The van der Waals surface area contributed by atoms with Crippen LogP contribution in [0.15, 0.2) is 51.5 Å². The Morgan fingerprint density at radius 1 is 1.19 bits per heavy atom. The van der Waals surface area contributed by atoms with Crippen LogP contribution in [0.4, 0.5) is 5.69 Å². The van der Waals surface area contributed by atoms with Gasteiger partial charge in [0.2, 0.25) is 11.8 Å². The van der Waals surface area contributed by atoms with E-state index in [1.165, 1.54) is 23.9 Å². The summed E-state index contributed by atoms with van der Waals surface area (Å²) in [5, 5.41) is 22.6. The first-order valence-corrected chi connectivity index (χ1v) is 9.31.